The molecule has 2 aromatic heterocycles. The fraction of sp³-hybridized carbons (Fsp3) is 0.389. The third-order valence-electron chi connectivity index (χ3n) is 3.98. The van der Waals surface area contributed by atoms with Crippen LogP contribution in [0.15, 0.2) is 29.4 Å². The van der Waals surface area contributed by atoms with Crippen molar-refractivity contribution in [3.8, 4) is 0 Å². The minimum atomic E-state index is -0.0671. The highest BCUT2D eigenvalue weighted by Gasteiger charge is 2.14. The normalized spacial score (nSPS) is 11.5. The van der Waals surface area contributed by atoms with Gasteiger partial charge < -0.3 is 10.2 Å². The van der Waals surface area contributed by atoms with E-state index < -0.39 is 0 Å². The van der Waals surface area contributed by atoms with Crippen molar-refractivity contribution in [2.45, 2.75) is 46.1 Å². The molecule has 1 amide bonds. The van der Waals surface area contributed by atoms with E-state index in [1.807, 2.05) is 6.07 Å². The predicted octanol–water partition coefficient (Wildman–Crippen LogP) is 3.43. The highest BCUT2D eigenvalue weighted by atomic mass is 35.5. The number of amides is 1. The summed E-state index contributed by atoms with van der Waals surface area (Å²) in [7, 11) is 0. The number of hydrogen-bond donors (Lipinski definition) is 1. The zero-order valence-corrected chi connectivity index (χ0v) is 18.2. The van der Waals surface area contributed by atoms with Crippen LogP contribution in [0.5, 0.6) is 0 Å². The maximum atomic E-state index is 11.9. The van der Waals surface area contributed by atoms with E-state index in [2.05, 4.69) is 42.3 Å². The summed E-state index contributed by atoms with van der Waals surface area (Å²) in [6.45, 7) is 3.86. The molecule has 158 valence electrons. The minimum absolute atomic E-state index is 0.0213. The van der Waals surface area contributed by atoms with E-state index in [9.17, 15) is 4.79 Å². The van der Waals surface area contributed by atoms with E-state index in [1.165, 1.54) is 4.68 Å². The van der Waals surface area contributed by atoms with Gasteiger partial charge in [-0.2, -0.15) is 14.0 Å². The van der Waals surface area contributed by atoms with Gasteiger partial charge in [0.25, 0.3) is 0 Å². The average molecular weight is 449 g/mol. The third-order valence-corrected chi connectivity index (χ3v) is 4.88. The van der Waals surface area contributed by atoms with E-state index in [0.717, 1.165) is 30.8 Å². The summed E-state index contributed by atoms with van der Waals surface area (Å²) in [4.78, 5) is 21.6. The maximum Gasteiger partial charge on any atom is 0.226 e. The van der Waals surface area contributed by atoms with Crippen molar-refractivity contribution in [3.63, 3.8) is 0 Å². The molecule has 0 saturated carbocycles. The Morgan fingerprint density at radius 2 is 2.23 bits per heavy atom. The molecule has 0 aliphatic rings. The van der Waals surface area contributed by atoms with E-state index in [-0.39, 0.29) is 12.5 Å². The van der Waals surface area contributed by atoms with Gasteiger partial charge in [-0.05, 0) is 35.9 Å². The number of aromatic nitrogens is 6. The lowest BCUT2D eigenvalue weighted by molar-refractivity contribution is -0.116. The van der Waals surface area contributed by atoms with Crippen molar-refractivity contribution >= 4 is 40.0 Å². The Bertz CT molecular complexity index is 1020. The lowest BCUT2D eigenvalue weighted by atomic mass is 10.2. The second-order valence-corrected chi connectivity index (χ2v) is 7.55. The molecule has 2 heterocycles. The quantitative estimate of drug-likeness (QED) is 0.230. The van der Waals surface area contributed by atoms with Crippen LogP contribution in [-0.2, 0) is 16.2 Å². The number of halogens is 1. The van der Waals surface area contributed by atoms with Crippen molar-refractivity contribution < 1.29 is 9.63 Å². The molecule has 0 bridgehead atoms. The lowest BCUT2D eigenvalue weighted by Gasteiger charge is -2.07. The summed E-state index contributed by atoms with van der Waals surface area (Å²) in [6, 6.07) is 7.11. The summed E-state index contributed by atoms with van der Waals surface area (Å²) in [6.07, 6.45) is 3.41. The first kappa shape index (κ1) is 21.8. The molecular formula is C18H21ClN8O2S. The number of rotatable bonds is 9. The molecule has 0 unspecified atom stereocenters. The van der Waals surface area contributed by atoms with Crippen molar-refractivity contribution in [1.82, 2.24) is 29.6 Å². The summed E-state index contributed by atoms with van der Waals surface area (Å²) < 4.78 is 5.63. The van der Waals surface area contributed by atoms with Crippen molar-refractivity contribution in [3.05, 3.63) is 46.5 Å². The molecule has 0 aliphatic heterocycles. The first-order chi connectivity index (χ1) is 14.6. The lowest BCUT2D eigenvalue weighted by Crippen LogP contribution is -2.17. The van der Waals surface area contributed by atoms with E-state index in [4.69, 9.17) is 16.4 Å². The first-order valence-electron chi connectivity index (χ1n) is 9.40. The van der Waals surface area contributed by atoms with Crippen LogP contribution in [0.1, 0.15) is 49.8 Å². The smallest absolute Gasteiger partial charge is 0.226 e. The zero-order chi connectivity index (χ0) is 21.3. The monoisotopic (exact) mass is 448 g/mol. The van der Waals surface area contributed by atoms with Gasteiger partial charge in [-0.3, -0.25) is 4.79 Å². The molecule has 1 aromatic carbocycles. The SMILES string of the molecule is CCCCCC(=O)Nc1nc(CO/N=C(\c2cccc(Cl)c2)n2nnnc2C)ns1. The number of tetrazole rings is 1. The molecule has 3 aromatic rings. The van der Waals surface area contributed by atoms with Gasteiger partial charge in [0.05, 0.1) is 0 Å². The second kappa shape index (κ2) is 10.7. The molecule has 1 N–H and O–H groups in total. The number of nitrogens with zero attached hydrogens (tertiary/aromatic N) is 7. The molecule has 30 heavy (non-hydrogen) atoms. The van der Waals surface area contributed by atoms with Gasteiger partial charge in [0.15, 0.2) is 18.3 Å². The number of carbonyl (C=O) groups excluding carboxylic acids is 1. The van der Waals surface area contributed by atoms with Gasteiger partial charge in [0, 0.05) is 28.5 Å². The predicted molar refractivity (Wildman–Crippen MR) is 113 cm³/mol. The van der Waals surface area contributed by atoms with Crippen molar-refractivity contribution in [2.75, 3.05) is 5.32 Å². The first-order valence-corrected chi connectivity index (χ1v) is 10.6. The van der Waals surface area contributed by atoms with Crippen molar-refractivity contribution in [2.24, 2.45) is 5.16 Å². The van der Waals surface area contributed by atoms with E-state index >= 15 is 0 Å². The molecule has 3 rings (SSSR count). The molecule has 0 spiro atoms. The molecule has 12 heteroatoms. The van der Waals surface area contributed by atoms with Gasteiger partial charge in [-0.1, -0.05) is 48.7 Å². The van der Waals surface area contributed by atoms with Crippen LogP contribution in [0.3, 0.4) is 0 Å². The van der Waals surface area contributed by atoms with Crippen molar-refractivity contribution in [1.29, 1.82) is 0 Å². The largest absolute Gasteiger partial charge is 0.386 e. The zero-order valence-electron chi connectivity index (χ0n) is 16.6. The number of benzene rings is 1. The van der Waals surface area contributed by atoms with Gasteiger partial charge in [0.1, 0.15) is 0 Å². The Labute approximate surface area is 182 Å². The minimum Gasteiger partial charge on any atom is -0.386 e. The van der Waals surface area contributed by atoms with Crippen LogP contribution >= 0.6 is 23.1 Å². The number of hydrogen-bond acceptors (Lipinski definition) is 9. The average Bonchev–Trinajstić information content (AvgIpc) is 3.34. The molecule has 0 atom stereocenters. The molecule has 0 saturated heterocycles. The molecule has 0 aliphatic carbocycles. The maximum absolute atomic E-state index is 11.9. The summed E-state index contributed by atoms with van der Waals surface area (Å²) in [5.74, 6) is 1.26. The summed E-state index contributed by atoms with van der Waals surface area (Å²) in [5, 5.41) is 19.4. The molecule has 0 fully saturated rings. The van der Waals surface area contributed by atoms with Gasteiger partial charge >= 0.3 is 0 Å². The van der Waals surface area contributed by atoms with Gasteiger partial charge in [-0.25, -0.2) is 0 Å². The number of nitrogens with one attached hydrogen (secondary N) is 1. The van der Waals surface area contributed by atoms with Crippen LogP contribution in [0.4, 0.5) is 5.13 Å². The van der Waals surface area contributed by atoms with Crippen LogP contribution < -0.4 is 5.32 Å². The standard InChI is InChI=1S/C18H21ClN8O2S/c1-3-4-5-9-16(28)21-18-20-15(24-30-18)11-29-23-17(27-12(2)22-25-26-27)13-7-6-8-14(19)10-13/h6-8,10H,3-5,9,11H2,1-2H3,(H,20,21,24,28)/b23-17+. The van der Waals surface area contributed by atoms with Gasteiger partial charge in [0.2, 0.25) is 16.9 Å². The summed E-state index contributed by atoms with van der Waals surface area (Å²) >= 11 is 7.19. The fourth-order valence-electron chi connectivity index (χ4n) is 2.50. The number of aryl methyl sites for hydroxylation is 1. The Hall–Kier alpha value is -2.92. The van der Waals surface area contributed by atoms with Crippen LogP contribution in [0.2, 0.25) is 5.02 Å². The molecule has 0 radical (unpaired) electrons. The number of oxime groups is 1. The Morgan fingerprint density at radius 1 is 1.37 bits per heavy atom. The molecule has 10 nitrogen and oxygen atoms in total. The van der Waals surface area contributed by atoms with Crippen LogP contribution in [0.25, 0.3) is 0 Å². The number of unbranched alkanes of at least 4 members (excludes halogenated alkanes) is 2. The second-order valence-electron chi connectivity index (χ2n) is 6.36. The highest BCUT2D eigenvalue weighted by molar-refractivity contribution is 7.09. The third kappa shape index (κ3) is 6.04. The summed E-state index contributed by atoms with van der Waals surface area (Å²) in [5.41, 5.74) is 0.684. The Kier molecular flexibility index (Phi) is 7.80. The molecular weight excluding hydrogens is 428 g/mol. The van der Waals surface area contributed by atoms with Crippen LogP contribution in [0, 0.1) is 6.92 Å². The van der Waals surface area contributed by atoms with Gasteiger partial charge in [-0.15, -0.1) is 5.10 Å². The highest BCUT2D eigenvalue weighted by Crippen LogP contribution is 2.15. The number of anilines is 1. The number of carbonyl (C=O) groups is 1. The van der Waals surface area contributed by atoms with E-state index in [0.29, 0.717) is 39.6 Å². The Balaban J connectivity index is 1.65. The van der Waals surface area contributed by atoms with Crippen LogP contribution in [-0.4, -0.2) is 41.3 Å². The van der Waals surface area contributed by atoms with E-state index in [1.54, 1.807) is 25.1 Å². The Morgan fingerprint density at radius 3 is 2.97 bits per heavy atom. The topological polar surface area (TPSA) is 120 Å². The fourth-order valence-corrected chi connectivity index (χ4v) is 3.28.